The van der Waals surface area contributed by atoms with Crippen molar-refractivity contribution in [3.63, 3.8) is 0 Å². The summed E-state index contributed by atoms with van der Waals surface area (Å²) in [6.45, 7) is 5.77. The van der Waals surface area contributed by atoms with Crippen LogP contribution in [0.5, 0.6) is 11.5 Å². The SMILES string of the molecule is CC(C)C[C@@H](NC(=O)[C@@H](C)Oc1ccc(Cl)cc1Cl)C(=O)N/N=C\c1ccc(OCc2ccc(F)cc2)cc1. The molecule has 2 N–H and O–H groups in total. The molecule has 0 bridgehead atoms. The van der Waals surface area contributed by atoms with Crippen molar-refractivity contribution in [2.24, 2.45) is 11.0 Å². The maximum atomic E-state index is 13.0. The Morgan fingerprint density at radius 1 is 0.974 bits per heavy atom. The summed E-state index contributed by atoms with van der Waals surface area (Å²) in [5, 5.41) is 7.48. The third kappa shape index (κ3) is 9.89. The first kappa shape index (κ1) is 29.9. The number of ether oxygens (including phenoxy) is 2. The zero-order valence-electron chi connectivity index (χ0n) is 21.8. The first-order valence-electron chi connectivity index (χ1n) is 12.3. The van der Waals surface area contributed by atoms with Gasteiger partial charge in [-0.15, -0.1) is 0 Å². The van der Waals surface area contributed by atoms with Crippen LogP contribution in [0, 0.1) is 11.7 Å². The number of hydrogen-bond donors (Lipinski definition) is 2. The largest absolute Gasteiger partial charge is 0.489 e. The number of benzene rings is 3. The molecule has 0 radical (unpaired) electrons. The molecule has 0 heterocycles. The lowest BCUT2D eigenvalue weighted by Gasteiger charge is -2.22. The number of hydrogen-bond acceptors (Lipinski definition) is 5. The van der Waals surface area contributed by atoms with Crippen LogP contribution in [0.1, 0.15) is 38.3 Å². The Kier molecular flexibility index (Phi) is 11.1. The standard InChI is InChI=1S/C29H30Cl2FN3O4/c1-18(2)14-26(34-28(36)19(3)39-27-13-8-22(30)15-25(27)31)29(37)35-33-16-20-6-11-24(12-7-20)38-17-21-4-9-23(32)10-5-21/h4-13,15-16,18-19,26H,14,17H2,1-3H3,(H,34,36)(H,35,37)/b33-16-/t19-,26-/m1/s1. The Hall–Kier alpha value is -3.62. The number of carbonyl (C=O) groups excluding carboxylic acids is 2. The van der Waals surface area contributed by atoms with Gasteiger partial charge in [0.15, 0.2) is 6.10 Å². The molecular weight excluding hydrogens is 544 g/mol. The second kappa shape index (κ2) is 14.5. The van der Waals surface area contributed by atoms with Gasteiger partial charge < -0.3 is 14.8 Å². The minimum Gasteiger partial charge on any atom is -0.489 e. The summed E-state index contributed by atoms with van der Waals surface area (Å²) in [4.78, 5) is 25.6. The fourth-order valence-corrected chi connectivity index (χ4v) is 3.91. The van der Waals surface area contributed by atoms with Crippen LogP contribution in [0.2, 0.25) is 10.0 Å². The molecule has 0 saturated heterocycles. The van der Waals surface area contributed by atoms with Gasteiger partial charge >= 0.3 is 0 Å². The summed E-state index contributed by atoms with van der Waals surface area (Å²) in [6.07, 6.45) is 0.990. The van der Waals surface area contributed by atoms with Gasteiger partial charge in [-0.25, -0.2) is 9.82 Å². The monoisotopic (exact) mass is 573 g/mol. The minimum atomic E-state index is -0.904. The number of rotatable bonds is 12. The van der Waals surface area contributed by atoms with Gasteiger partial charge in [0.2, 0.25) is 0 Å². The van der Waals surface area contributed by atoms with Gasteiger partial charge in [-0.2, -0.15) is 5.10 Å². The highest BCUT2D eigenvalue weighted by molar-refractivity contribution is 6.35. The Morgan fingerprint density at radius 2 is 1.67 bits per heavy atom. The first-order valence-corrected chi connectivity index (χ1v) is 13.1. The average molecular weight is 574 g/mol. The van der Waals surface area contributed by atoms with E-state index in [9.17, 15) is 14.0 Å². The maximum Gasteiger partial charge on any atom is 0.262 e. The summed E-state index contributed by atoms with van der Waals surface area (Å²) < 4.78 is 24.4. The van der Waals surface area contributed by atoms with E-state index < -0.39 is 24.0 Å². The smallest absolute Gasteiger partial charge is 0.262 e. The number of carbonyl (C=O) groups is 2. The van der Waals surface area contributed by atoms with Crippen molar-refractivity contribution in [1.29, 1.82) is 0 Å². The Balaban J connectivity index is 1.52. The van der Waals surface area contributed by atoms with Gasteiger partial charge in [0, 0.05) is 5.02 Å². The predicted molar refractivity (Wildman–Crippen MR) is 151 cm³/mol. The van der Waals surface area contributed by atoms with Crippen LogP contribution in [-0.2, 0) is 16.2 Å². The highest BCUT2D eigenvalue weighted by Gasteiger charge is 2.25. The molecule has 0 aromatic heterocycles. The van der Waals surface area contributed by atoms with E-state index in [0.717, 1.165) is 11.1 Å². The van der Waals surface area contributed by atoms with Crippen molar-refractivity contribution < 1.29 is 23.5 Å². The molecule has 3 aromatic carbocycles. The molecule has 2 atom stereocenters. The molecule has 39 heavy (non-hydrogen) atoms. The number of nitrogens with one attached hydrogen (secondary N) is 2. The highest BCUT2D eigenvalue weighted by atomic mass is 35.5. The lowest BCUT2D eigenvalue weighted by Crippen LogP contribution is -2.49. The van der Waals surface area contributed by atoms with E-state index in [0.29, 0.717) is 29.5 Å². The van der Waals surface area contributed by atoms with Crippen molar-refractivity contribution in [3.8, 4) is 11.5 Å². The molecule has 0 aliphatic heterocycles. The lowest BCUT2D eigenvalue weighted by atomic mass is 10.0. The third-order valence-corrected chi connectivity index (χ3v) is 6.02. The Morgan fingerprint density at radius 3 is 2.31 bits per heavy atom. The van der Waals surface area contributed by atoms with E-state index in [1.807, 2.05) is 13.8 Å². The molecule has 10 heteroatoms. The van der Waals surface area contributed by atoms with Crippen LogP contribution in [0.25, 0.3) is 0 Å². The summed E-state index contributed by atoms with van der Waals surface area (Å²) in [6, 6.07) is 17.1. The van der Waals surface area contributed by atoms with Crippen LogP contribution in [0.4, 0.5) is 4.39 Å². The zero-order valence-corrected chi connectivity index (χ0v) is 23.3. The normalized spacial score (nSPS) is 12.7. The molecule has 0 saturated carbocycles. The van der Waals surface area contributed by atoms with Gasteiger partial charge in [0.1, 0.15) is 30.0 Å². The second-order valence-electron chi connectivity index (χ2n) is 9.24. The van der Waals surface area contributed by atoms with Crippen LogP contribution >= 0.6 is 23.2 Å². The van der Waals surface area contributed by atoms with Crippen molar-refractivity contribution in [2.45, 2.75) is 45.9 Å². The molecular formula is C29H30Cl2FN3O4. The second-order valence-corrected chi connectivity index (χ2v) is 10.1. The van der Waals surface area contributed by atoms with Crippen LogP contribution in [-0.4, -0.2) is 30.2 Å². The first-order chi connectivity index (χ1) is 18.6. The number of halogens is 3. The fourth-order valence-electron chi connectivity index (χ4n) is 3.45. The van der Waals surface area contributed by atoms with E-state index >= 15 is 0 Å². The van der Waals surface area contributed by atoms with Gasteiger partial charge in [0.05, 0.1) is 11.2 Å². The fraction of sp³-hybridized carbons (Fsp3) is 0.276. The molecule has 3 rings (SSSR count). The van der Waals surface area contributed by atoms with E-state index in [1.54, 1.807) is 55.5 Å². The maximum absolute atomic E-state index is 13.0. The average Bonchev–Trinajstić information content (AvgIpc) is 2.90. The van der Waals surface area contributed by atoms with E-state index in [4.69, 9.17) is 32.7 Å². The summed E-state index contributed by atoms with van der Waals surface area (Å²) in [7, 11) is 0. The van der Waals surface area contributed by atoms with E-state index in [-0.39, 0.29) is 16.8 Å². The predicted octanol–water partition coefficient (Wildman–Crippen LogP) is 6.16. The van der Waals surface area contributed by atoms with Crippen LogP contribution < -0.4 is 20.2 Å². The highest BCUT2D eigenvalue weighted by Crippen LogP contribution is 2.28. The summed E-state index contributed by atoms with van der Waals surface area (Å²) in [5.41, 5.74) is 4.07. The molecule has 206 valence electrons. The summed E-state index contributed by atoms with van der Waals surface area (Å²) >= 11 is 12.0. The van der Waals surface area contributed by atoms with Crippen molar-refractivity contribution in [3.05, 3.63) is 93.7 Å². The van der Waals surface area contributed by atoms with Crippen LogP contribution in [0.3, 0.4) is 0 Å². The molecule has 0 unspecified atom stereocenters. The van der Waals surface area contributed by atoms with Crippen molar-refractivity contribution in [2.75, 3.05) is 0 Å². The van der Waals surface area contributed by atoms with Crippen LogP contribution in [0.15, 0.2) is 71.8 Å². The number of hydrazone groups is 1. The van der Waals surface area contributed by atoms with Crippen molar-refractivity contribution >= 4 is 41.2 Å². The minimum absolute atomic E-state index is 0.134. The number of amides is 2. The molecule has 3 aromatic rings. The lowest BCUT2D eigenvalue weighted by molar-refractivity contribution is -0.132. The van der Waals surface area contributed by atoms with E-state index in [2.05, 4.69) is 15.8 Å². The molecule has 0 fully saturated rings. The topological polar surface area (TPSA) is 89.0 Å². The van der Waals surface area contributed by atoms with Gasteiger partial charge in [-0.3, -0.25) is 9.59 Å². The van der Waals surface area contributed by atoms with Crippen molar-refractivity contribution in [1.82, 2.24) is 10.7 Å². The molecule has 0 spiro atoms. The molecule has 2 amide bonds. The van der Waals surface area contributed by atoms with Gasteiger partial charge in [0.25, 0.3) is 11.8 Å². The number of nitrogens with zero attached hydrogens (tertiary/aromatic N) is 1. The molecule has 0 aliphatic rings. The quantitative estimate of drug-likeness (QED) is 0.200. The Labute approximate surface area is 237 Å². The van der Waals surface area contributed by atoms with Gasteiger partial charge in [-0.1, -0.05) is 49.2 Å². The molecule has 7 nitrogen and oxygen atoms in total. The van der Waals surface area contributed by atoms with Gasteiger partial charge in [-0.05, 0) is 85.0 Å². The third-order valence-electron chi connectivity index (χ3n) is 5.49. The van der Waals surface area contributed by atoms with E-state index in [1.165, 1.54) is 24.4 Å². The molecule has 0 aliphatic carbocycles. The zero-order chi connectivity index (χ0) is 28.4. The Bertz CT molecular complexity index is 1280. The summed E-state index contributed by atoms with van der Waals surface area (Å²) in [5.74, 6) is -0.141.